The second kappa shape index (κ2) is 5.83. The predicted octanol–water partition coefficient (Wildman–Crippen LogP) is 0.482. The lowest BCUT2D eigenvalue weighted by atomic mass is 10.2. The van der Waals surface area contributed by atoms with Gasteiger partial charge in [-0.1, -0.05) is 6.92 Å². The number of amides is 1. The fraction of sp³-hybridized carbons (Fsp3) is 0.364. The van der Waals surface area contributed by atoms with E-state index in [1.54, 1.807) is 0 Å². The van der Waals surface area contributed by atoms with Crippen LogP contribution >= 0.6 is 0 Å². The summed E-state index contributed by atoms with van der Waals surface area (Å²) in [5.41, 5.74) is 0.150. The average Bonchev–Trinajstić information content (AvgIpc) is 2.34. The van der Waals surface area contributed by atoms with Gasteiger partial charge in [-0.15, -0.1) is 0 Å². The molecule has 0 fully saturated rings. The fourth-order valence-corrected chi connectivity index (χ4v) is 1.92. The maximum Gasteiger partial charge on any atom is 0.255 e. The molecule has 0 aliphatic carbocycles. The zero-order chi connectivity index (χ0) is 13.8. The summed E-state index contributed by atoms with van der Waals surface area (Å²) in [5, 5.41) is 7.66. The number of nitrogens with one attached hydrogen (secondary N) is 1. The van der Waals surface area contributed by atoms with Crippen molar-refractivity contribution in [3.8, 4) is 5.75 Å². The van der Waals surface area contributed by atoms with Gasteiger partial charge in [-0.05, 0) is 24.6 Å². The highest BCUT2D eigenvalue weighted by molar-refractivity contribution is 7.89. The van der Waals surface area contributed by atoms with E-state index in [0.717, 1.165) is 6.42 Å². The highest BCUT2D eigenvalue weighted by atomic mass is 32.2. The van der Waals surface area contributed by atoms with Crippen molar-refractivity contribution >= 4 is 15.9 Å². The van der Waals surface area contributed by atoms with Crippen molar-refractivity contribution < 1.29 is 17.9 Å². The lowest BCUT2D eigenvalue weighted by molar-refractivity contribution is 0.0950. The van der Waals surface area contributed by atoms with E-state index in [2.05, 4.69) is 5.32 Å². The number of ether oxygens (including phenoxy) is 1. The first-order valence-corrected chi connectivity index (χ1v) is 6.93. The summed E-state index contributed by atoms with van der Waals surface area (Å²) >= 11 is 0. The molecule has 100 valence electrons. The molecule has 0 heterocycles. The van der Waals surface area contributed by atoms with E-state index in [1.165, 1.54) is 25.3 Å². The first kappa shape index (κ1) is 14.5. The van der Waals surface area contributed by atoms with Crippen LogP contribution < -0.4 is 15.2 Å². The largest absolute Gasteiger partial charge is 0.496 e. The summed E-state index contributed by atoms with van der Waals surface area (Å²) < 4.78 is 27.5. The van der Waals surface area contributed by atoms with Crippen molar-refractivity contribution in [1.82, 2.24) is 5.32 Å². The van der Waals surface area contributed by atoms with Gasteiger partial charge in [0, 0.05) is 6.54 Å². The minimum atomic E-state index is -3.84. The zero-order valence-corrected chi connectivity index (χ0v) is 11.1. The molecule has 0 aromatic heterocycles. The third-order valence-corrected chi connectivity index (χ3v) is 3.19. The van der Waals surface area contributed by atoms with Crippen molar-refractivity contribution in [2.24, 2.45) is 5.14 Å². The summed E-state index contributed by atoms with van der Waals surface area (Å²) in [7, 11) is -2.43. The van der Waals surface area contributed by atoms with E-state index in [4.69, 9.17) is 9.88 Å². The molecule has 18 heavy (non-hydrogen) atoms. The molecule has 1 rings (SSSR count). The molecule has 1 amide bonds. The monoisotopic (exact) mass is 272 g/mol. The van der Waals surface area contributed by atoms with Crippen LogP contribution in [-0.2, 0) is 10.0 Å². The maximum atomic E-state index is 11.8. The Morgan fingerprint density at radius 3 is 2.61 bits per heavy atom. The molecule has 1 aromatic rings. The van der Waals surface area contributed by atoms with Crippen LogP contribution in [0.1, 0.15) is 23.7 Å². The van der Waals surface area contributed by atoms with Gasteiger partial charge >= 0.3 is 0 Å². The molecule has 3 N–H and O–H groups in total. The Labute approximate surface area is 106 Å². The zero-order valence-electron chi connectivity index (χ0n) is 10.3. The van der Waals surface area contributed by atoms with Crippen molar-refractivity contribution in [3.05, 3.63) is 23.8 Å². The molecule has 0 saturated heterocycles. The molecule has 7 heteroatoms. The Morgan fingerprint density at radius 2 is 2.11 bits per heavy atom. The molecule has 0 aliphatic heterocycles. The van der Waals surface area contributed by atoms with Gasteiger partial charge in [-0.25, -0.2) is 13.6 Å². The lowest BCUT2D eigenvalue weighted by Crippen LogP contribution is -2.25. The number of nitrogens with two attached hydrogens (primary N) is 1. The van der Waals surface area contributed by atoms with E-state index in [0.29, 0.717) is 12.3 Å². The molecule has 6 nitrogen and oxygen atoms in total. The number of methoxy groups -OCH3 is 1. The van der Waals surface area contributed by atoms with Gasteiger partial charge in [-0.2, -0.15) is 0 Å². The minimum absolute atomic E-state index is 0.120. The number of carbonyl (C=O) groups is 1. The summed E-state index contributed by atoms with van der Waals surface area (Å²) in [5.74, 6) is -0.0878. The Bertz CT molecular complexity index is 540. The first-order valence-electron chi connectivity index (χ1n) is 5.39. The number of hydrogen-bond acceptors (Lipinski definition) is 4. The molecular formula is C11H16N2O4S. The van der Waals surface area contributed by atoms with Crippen molar-refractivity contribution in [3.63, 3.8) is 0 Å². The molecule has 0 atom stereocenters. The van der Waals surface area contributed by atoms with Crippen LogP contribution in [0, 0.1) is 0 Å². The van der Waals surface area contributed by atoms with Crippen LogP contribution in [0.15, 0.2) is 23.1 Å². The average molecular weight is 272 g/mol. The highest BCUT2D eigenvalue weighted by Gasteiger charge is 2.16. The molecule has 0 unspecified atom stereocenters. The van der Waals surface area contributed by atoms with Crippen LogP contribution in [0.3, 0.4) is 0 Å². The lowest BCUT2D eigenvalue weighted by Gasteiger charge is -2.10. The quantitative estimate of drug-likeness (QED) is 0.814. The number of benzene rings is 1. The van der Waals surface area contributed by atoms with E-state index >= 15 is 0 Å². The van der Waals surface area contributed by atoms with Gasteiger partial charge in [-0.3, -0.25) is 4.79 Å². The molecule has 0 spiro atoms. The first-order chi connectivity index (χ1) is 8.40. The van der Waals surface area contributed by atoms with Crippen LogP contribution in [0.5, 0.6) is 5.75 Å². The third-order valence-electron chi connectivity index (χ3n) is 2.28. The number of primary sulfonamides is 1. The Balaban J connectivity index is 3.18. The second-order valence-corrected chi connectivity index (χ2v) is 5.22. The highest BCUT2D eigenvalue weighted by Crippen LogP contribution is 2.21. The van der Waals surface area contributed by atoms with Crippen molar-refractivity contribution in [2.45, 2.75) is 18.2 Å². The van der Waals surface area contributed by atoms with Crippen LogP contribution in [0.25, 0.3) is 0 Å². The number of sulfonamides is 1. The van der Waals surface area contributed by atoms with Crippen LogP contribution in [0.2, 0.25) is 0 Å². The summed E-state index contributed by atoms with van der Waals surface area (Å²) in [6.45, 7) is 2.42. The summed E-state index contributed by atoms with van der Waals surface area (Å²) in [6.07, 6.45) is 0.781. The molecule has 0 saturated carbocycles. The van der Waals surface area contributed by atoms with Gasteiger partial charge in [0.2, 0.25) is 10.0 Å². The number of carbonyl (C=O) groups excluding carboxylic acids is 1. The van der Waals surface area contributed by atoms with Crippen molar-refractivity contribution in [2.75, 3.05) is 13.7 Å². The number of hydrogen-bond donors (Lipinski definition) is 2. The minimum Gasteiger partial charge on any atom is -0.496 e. The standard InChI is InChI=1S/C11H16N2O4S/c1-3-6-13-11(14)9-7-8(18(12,15)16)4-5-10(9)17-2/h4-5,7H,3,6H2,1-2H3,(H,13,14)(H2,12,15,16). The van der Waals surface area contributed by atoms with Crippen molar-refractivity contribution in [1.29, 1.82) is 0 Å². The summed E-state index contributed by atoms with van der Waals surface area (Å²) in [4.78, 5) is 11.7. The van der Waals surface area contributed by atoms with Gasteiger partial charge in [0.05, 0.1) is 17.6 Å². The second-order valence-electron chi connectivity index (χ2n) is 3.66. The van der Waals surface area contributed by atoms with E-state index in [1.807, 2.05) is 6.92 Å². The van der Waals surface area contributed by atoms with Crippen LogP contribution in [0.4, 0.5) is 0 Å². The van der Waals surface area contributed by atoms with E-state index in [9.17, 15) is 13.2 Å². The smallest absolute Gasteiger partial charge is 0.255 e. The van der Waals surface area contributed by atoms with E-state index < -0.39 is 10.0 Å². The van der Waals surface area contributed by atoms with E-state index in [-0.39, 0.29) is 16.4 Å². The Hall–Kier alpha value is -1.60. The van der Waals surface area contributed by atoms with Crippen LogP contribution in [-0.4, -0.2) is 28.0 Å². The molecule has 1 aromatic carbocycles. The van der Waals surface area contributed by atoms with Gasteiger partial charge in [0.15, 0.2) is 0 Å². The normalized spacial score (nSPS) is 11.1. The molecule has 0 bridgehead atoms. The van der Waals surface area contributed by atoms with Gasteiger partial charge in [0.25, 0.3) is 5.91 Å². The van der Waals surface area contributed by atoms with Gasteiger partial charge in [0.1, 0.15) is 5.75 Å². The number of rotatable bonds is 5. The summed E-state index contributed by atoms with van der Waals surface area (Å²) in [6, 6.07) is 3.91. The SMILES string of the molecule is CCCNC(=O)c1cc(S(N)(=O)=O)ccc1OC. The molecule has 0 radical (unpaired) electrons. The third kappa shape index (κ3) is 3.44. The Morgan fingerprint density at radius 1 is 1.44 bits per heavy atom. The topological polar surface area (TPSA) is 98.5 Å². The van der Waals surface area contributed by atoms with Gasteiger partial charge < -0.3 is 10.1 Å². The fourth-order valence-electron chi connectivity index (χ4n) is 1.38. The molecule has 0 aliphatic rings. The Kier molecular flexibility index (Phi) is 4.69. The maximum absolute atomic E-state index is 11.8. The predicted molar refractivity (Wildman–Crippen MR) is 67.0 cm³/mol. The molecular weight excluding hydrogens is 256 g/mol.